The van der Waals surface area contributed by atoms with Crippen LogP contribution in [0.1, 0.15) is 66.9 Å². The molecule has 0 unspecified atom stereocenters. The van der Waals surface area contributed by atoms with E-state index in [0.29, 0.717) is 12.8 Å². The summed E-state index contributed by atoms with van der Waals surface area (Å²) in [5, 5.41) is 13.9. The smallest absolute Gasteiger partial charge is 0.329 e. The van der Waals surface area contributed by atoms with Crippen LogP contribution in [0.4, 0.5) is 0 Å². The highest BCUT2D eigenvalue weighted by molar-refractivity contribution is 5.86. The topological polar surface area (TPSA) is 75.6 Å². The second-order valence-electron chi connectivity index (χ2n) is 10.2. The molecule has 0 aromatic heterocycles. The maximum Gasteiger partial charge on any atom is 0.329 e. The van der Waals surface area contributed by atoms with Gasteiger partial charge in [-0.2, -0.15) is 0 Å². The van der Waals surface area contributed by atoms with Crippen LogP contribution in [0.5, 0.6) is 0 Å². The number of carbonyl (C=O) groups is 2. The van der Waals surface area contributed by atoms with Gasteiger partial charge in [0.05, 0.1) is 6.10 Å². The molecule has 0 bridgehead atoms. The van der Waals surface area contributed by atoms with Gasteiger partial charge in [0.1, 0.15) is 12.1 Å². The first-order valence-electron chi connectivity index (χ1n) is 12.6. The fourth-order valence-corrected chi connectivity index (χ4v) is 4.75. The molecule has 0 spiro atoms. The van der Waals surface area contributed by atoms with E-state index in [1.54, 1.807) is 0 Å². The largest absolute Gasteiger partial charge is 0.460 e. The van der Waals surface area contributed by atoms with Crippen LogP contribution in [0.15, 0.2) is 53.6 Å². The van der Waals surface area contributed by atoms with Gasteiger partial charge in [-0.25, -0.2) is 4.79 Å². The molecular formula is C29H43NO4. The Hall–Kier alpha value is -2.40. The summed E-state index contributed by atoms with van der Waals surface area (Å²) >= 11 is 0. The number of amides is 1. The number of hydrogen-bond donors (Lipinski definition) is 2. The van der Waals surface area contributed by atoms with E-state index in [9.17, 15) is 14.7 Å². The molecule has 1 amide bonds. The lowest BCUT2D eigenvalue weighted by Gasteiger charge is -2.30. The lowest BCUT2D eigenvalue weighted by Crippen LogP contribution is -2.47. The Balaban J connectivity index is 2.46. The van der Waals surface area contributed by atoms with E-state index < -0.39 is 18.1 Å². The van der Waals surface area contributed by atoms with E-state index in [1.165, 1.54) is 0 Å². The van der Waals surface area contributed by atoms with Gasteiger partial charge in [-0.15, -0.1) is 0 Å². The second-order valence-corrected chi connectivity index (χ2v) is 10.2. The minimum absolute atomic E-state index is 0.0806. The predicted octanol–water partition coefficient (Wildman–Crippen LogP) is 5.24. The number of rotatable bonds is 4. The summed E-state index contributed by atoms with van der Waals surface area (Å²) in [5.41, 5.74) is 2.88. The van der Waals surface area contributed by atoms with E-state index >= 15 is 0 Å². The van der Waals surface area contributed by atoms with Gasteiger partial charge >= 0.3 is 5.97 Å². The molecule has 0 aliphatic carbocycles. The number of allylic oxidation sites excluding steroid dienone is 1. The SMILES string of the molecule is CC[C@H](C)[C@@H]1OC(=O)[C@H](Cc2ccccc2)NC(=O)[C@@H](C)CC(C)=C[C@H](C)[C@@H](O)C(C)=C[C@@H]1C. The average Bonchev–Trinajstić information content (AvgIpc) is 2.80. The van der Waals surface area contributed by atoms with Crippen molar-refractivity contribution in [2.24, 2.45) is 23.7 Å². The zero-order chi connectivity index (χ0) is 25.4. The number of esters is 1. The molecule has 34 heavy (non-hydrogen) atoms. The van der Waals surface area contributed by atoms with E-state index in [4.69, 9.17) is 4.74 Å². The molecule has 1 aliphatic rings. The Morgan fingerprint density at radius 1 is 1.06 bits per heavy atom. The molecule has 1 aromatic carbocycles. The molecule has 2 N–H and O–H groups in total. The summed E-state index contributed by atoms with van der Waals surface area (Å²) in [7, 11) is 0. The van der Waals surface area contributed by atoms with Crippen molar-refractivity contribution in [2.45, 2.75) is 86.0 Å². The van der Waals surface area contributed by atoms with Crippen molar-refractivity contribution < 1.29 is 19.4 Å². The molecule has 0 saturated heterocycles. The van der Waals surface area contributed by atoms with Gasteiger partial charge in [-0.3, -0.25) is 4.79 Å². The van der Waals surface area contributed by atoms with Gasteiger partial charge in [-0.05, 0) is 37.3 Å². The normalized spacial score (nSPS) is 30.7. The predicted molar refractivity (Wildman–Crippen MR) is 137 cm³/mol. The van der Waals surface area contributed by atoms with E-state index in [1.807, 2.05) is 77.1 Å². The van der Waals surface area contributed by atoms with Crippen LogP contribution in [0.2, 0.25) is 0 Å². The minimum Gasteiger partial charge on any atom is -0.460 e. The standard InChI is InChI=1S/C29H43NO4/c1-8-19(3)27-22(6)16-21(5)26(31)20(4)14-18(2)15-23(7)28(32)30-25(29(33)34-27)17-24-12-10-9-11-13-24/h9-14,16,19-20,22-23,25-27,31H,8,15,17H2,1-7H3,(H,30,32)/t19-,20-,22-,23-,25-,26+,27-/m0/s1. The fourth-order valence-electron chi connectivity index (χ4n) is 4.75. The third-order valence-corrected chi connectivity index (χ3v) is 6.97. The van der Waals surface area contributed by atoms with Gasteiger partial charge in [0.2, 0.25) is 5.91 Å². The summed E-state index contributed by atoms with van der Waals surface area (Å²) in [6.07, 6.45) is 4.87. The monoisotopic (exact) mass is 469 g/mol. The number of benzene rings is 1. The maximum atomic E-state index is 13.4. The third kappa shape index (κ3) is 7.83. The van der Waals surface area contributed by atoms with Gasteiger partial charge in [0.15, 0.2) is 0 Å². The third-order valence-electron chi connectivity index (χ3n) is 6.97. The van der Waals surface area contributed by atoms with Crippen LogP contribution in [0.3, 0.4) is 0 Å². The second kappa shape index (κ2) is 12.9. The molecule has 0 saturated carbocycles. The number of ether oxygens (including phenoxy) is 1. The fraction of sp³-hybridized carbons (Fsp3) is 0.586. The summed E-state index contributed by atoms with van der Waals surface area (Å²) in [5.74, 6) is -0.929. The summed E-state index contributed by atoms with van der Waals surface area (Å²) in [4.78, 5) is 26.5. The van der Waals surface area contributed by atoms with Crippen molar-refractivity contribution >= 4 is 11.9 Å². The van der Waals surface area contributed by atoms with Crippen LogP contribution in [-0.4, -0.2) is 35.2 Å². The molecule has 5 heteroatoms. The number of hydrogen-bond acceptors (Lipinski definition) is 4. The molecule has 0 fully saturated rings. The van der Waals surface area contributed by atoms with Crippen LogP contribution in [0, 0.1) is 23.7 Å². The summed E-state index contributed by atoms with van der Waals surface area (Å²) in [6, 6.07) is 8.93. The van der Waals surface area contributed by atoms with Crippen LogP contribution in [0.25, 0.3) is 0 Å². The minimum atomic E-state index is -0.764. The quantitative estimate of drug-likeness (QED) is 0.467. The van der Waals surface area contributed by atoms with Crippen molar-refractivity contribution in [2.75, 3.05) is 0 Å². The Bertz CT molecular complexity index is 875. The zero-order valence-electron chi connectivity index (χ0n) is 21.9. The Labute approximate surface area is 205 Å². The molecule has 1 heterocycles. The van der Waals surface area contributed by atoms with Crippen molar-refractivity contribution in [3.8, 4) is 0 Å². The molecular weight excluding hydrogens is 426 g/mol. The molecule has 5 nitrogen and oxygen atoms in total. The van der Waals surface area contributed by atoms with Crippen molar-refractivity contribution in [1.82, 2.24) is 5.32 Å². The van der Waals surface area contributed by atoms with Crippen molar-refractivity contribution in [3.05, 3.63) is 59.2 Å². The first-order chi connectivity index (χ1) is 16.0. The molecule has 1 aliphatic heterocycles. The van der Waals surface area contributed by atoms with Gasteiger partial charge < -0.3 is 15.2 Å². The number of nitrogens with one attached hydrogen (secondary N) is 1. The number of aliphatic hydroxyl groups excluding tert-OH is 1. The highest BCUT2D eigenvalue weighted by Gasteiger charge is 2.32. The first kappa shape index (κ1) is 27.8. The highest BCUT2D eigenvalue weighted by atomic mass is 16.5. The van der Waals surface area contributed by atoms with Crippen molar-refractivity contribution in [1.29, 1.82) is 0 Å². The van der Waals surface area contributed by atoms with E-state index in [-0.39, 0.29) is 35.7 Å². The van der Waals surface area contributed by atoms with Gasteiger partial charge in [0.25, 0.3) is 0 Å². The Morgan fingerprint density at radius 3 is 2.32 bits per heavy atom. The number of cyclic esters (lactones) is 1. The lowest BCUT2D eigenvalue weighted by molar-refractivity contribution is -0.157. The molecule has 0 radical (unpaired) electrons. The van der Waals surface area contributed by atoms with Crippen LogP contribution in [-0.2, 0) is 20.7 Å². The van der Waals surface area contributed by atoms with Crippen LogP contribution < -0.4 is 5.32 Å². The Kier molecular flexibility index (Phi) is 10.6. The molecule has 188 valence electrons. The average molecular weight is 470 g/mol. The number of aliphatic hydroxyl groups is 1. The maximum absolute atomic E-state index is 13.4. The van der Waals surface area contributed by atoms with Gasteiger partial charge in [-0.1, -0.05) is 89.1 Å². The van der Waals surface area contributed by atoms with Crippen molar-refractivity contribution in [3.63, 3.8) is 0 Å². The molecule has 7 atom stereocenters. The first-order valence-corrected chi connectivity index (χ1v) is 12.6. The number of carbonyl (C=O) groups excluding carboxylic acids is 2. The zero-order valence-corrected chi connectivity index (χ0v) is 21.9. The van der Waals surface area contributed by atoms with E-state index in [2.05, 4.69) is 19.2 Å². The summed E-state index contributed by atoms with van der Waals surface area (Å²) in [6.45, 7) is 13.9. The highest BCUT2D eigenvalue weighted by Crippen LogP contribution is 2.26. The van der Waals surface area contributed by atoms with E-state index in [0.717, 1.165) is 23.1 Å². The lowest BCUT2D eigenvalue weighted by atomic mass is 9.87. The Morgan fingerprint density at radius 2 is 1.71 bits per heavy atom. The summed E-state index contributed by atoms with van der Waals surface area (Å²) < 4.78 is 6.10. The molecule has 1 aromatic rings. The van der Waals surface area contributed by atoms with Crippen LogP contribution >= 0.6 is 0 Å². The van der Waals surface area contributed by atoms with Gasteiger partial charge in [0, 0.05) is 24.2 Å². The molecule has 2 rings (SSSR count).